The minimum absolute atomic E-state index is 0.0694. The van der Waals surface area contributed by atoms with Crippen LogP contribution in [0.2, 0.25) is 58.9 Å². The average molecular weight is 612 g/mol. The molecule has 0 unspecified atom stereocenters. The lowest BCUT2D eigenvalue weighted by molar-refractivity contribution is -0.135. The maximum Gasteiger partial charge on any atom is 0.292 e. The molecule has 0 bridgehead atoms. The van der Waals surface area contributed by atoms with Gasteiger partial charge in [-0.2, -0.15) is 0 Å². The standard InChI is InChI=1S/C31H61NO5Si3/c1-12-14-17-20-26(35-38(3,4)5)23-24-28-27(21-18-15-16-19-22-31(33)37-40(9,10)11)29(32-34-13-2)25-30(28)36-39(6,7)8/h15,18,23-24,26-28,30H,12-14,16-17,19-22,25H2,1-11H3/b18-15+,24-23+,32-29-/t26-,27-,28+,30+/m0/s1. The molecule has 4 atom stereocenters. The number of hydrogen-bond acceptors (Lipinski definition) is 6. The fourth-order valence-electron chi connectivity index (χ4n) is 4.97. The van der Waals surface area contributed by atoms with Gasteiger partial charge in [0.05, 0.1) is 17.9 Å². The van der Waals surface area contributed by atoms with Gasteiger partial charge >= 0.3 is 0 Å². The van der Waals surface area contributed by atoms with Gasteiger partial charge in [0, 0.05) is 24.7 Å². The van der Waals surface area contributed by atoms with Gasteiger partial charge in [0.2, 0.25) is 8.32 Å². The zero-order chi connectivity index (χ0) is 30.4. The Bertz CT molecular complexity index is 824. The molecule has 0 aromatic rings. The molecule has 40 heavy (non-hydrogen) atoms. The number of rotatable bonds is 19. The molecule has 1 saturated carbocycles. The first-order chi connectivity index (χ1) is 18.5. The molecule has 0 N–H and O–H groups in total. The van der Waals surface area contributed by atoms with Gasteiger partial charge in [-0.1, -0.05) is 55.6 Å². The van der Waals surface area contributed by atoms with Crippen LogP contribution < -0.4 is 0 Å². The average Bonchev–Trinajstić information content (AvgIpc) is 3.10. The fourth-order valence-corrected chi connectivity index (χ4v) is 8.01. The van der Waals surface area contributed by atoms with E-state index in [4.69, 9.17) is 18.1 Å². The summed E-state index contributed by atoms with van der Waals surface area (Å²) in [6.45, 7) is 24.5. The second-order valence-corrected chi connectivity index (χ2v) is 27.3. The third-order valence-corrected chi connectivity index (χ3v) is 9.28. The SMILES string of the molecule is CCCCC[C@@H](/C=C/[C@@H]1[C@H](C/C=C/CCCC(=O)O[Si](C)(C)C)/C(=N\OCC)C[C@H]1O[Si](C)(C)C)O[Si](C)(C)C. The molecule has 9 heteroatoms. The summed E-state index contributed by atoms with van der Waals surface area (Å²) < 4.78 is 18.9. The normalized spacial score (nSPS) is 22.5. The van der Waals surface area contributed by atoms with E-state index in [0.717, 1.165) is 37.8 Å². The fraction of sp³-hybridized carbons (Fsp3) is 0.806. The highest BCUT2D eigenvalue weighted by Gasteiger charge is 2.42. The van der Waals surface area contributed by atoms with E-state index in [1.54, 1.807) is 0 Å². The summed E-state index contributed by atoms with van der Waals surface area (Å²) in [7, 11) is -5.26. The van der Waals surface area contributed by atoms with Gasteiger partial charge in [-0.05, 0) is 91.5 Å². The number of allylic oxidation sites excluding steroid dienone is 2. The van der Waals surface area contributed by atoms with Gasteiger partial charge in [-0.15, -0.1) is 0 Å². The van der Waals surface area contributed by atoms with E-state index < -0.39 is 25.0 Å². The van der Waals surface area contributed by atoms with Crippen LogP contribution in [0.15, 0.2) is 29.5 Å². The summed E-state index contributed by atoms with van der Waals surface area (Å²) in [6, 6.07) is 0. The summed E-state index contributed by atoms with van der Waals surface area (Å²) in [5.74, 6) is 0.377. The molecule has 0 heterocycles. The van der Waals surface area contributed by atoms with Crippen LogP contribution in [0.3, 0.4) is 0 Å². The maximum absolute atomic E-state index is 12.1. The van der Waals surface area contributed by atoms with Crippen molar-refractivity contribution in [1.29, 1.82) is 0 Å². The van der Waals surface area contributed by atoms with Crippen LogP contribution in [0.1, 0.15) is 71.6 Å². The second-order valence-electron chi connectivity index (χ2n) is 14.0. The Labute approximate surface area is 249 Å². The van der Waals surface area contributed by atoms with Gasteiger partial charge in [0.15, 0.2) is 16.6 Å². The summed E-state index contributed by atoms with van der Waals surface area (Å²) in [4.78, 5) is 17.6. The molecule has 0 amide bonds. The largest absolute Gasteiger partial charge is 0.520 e. The van der Waals surface area contributed by atoms with Crippen molar-refractivity contribution in [3.8, 4) is 0 Å². The maximum atomic E-state index is 12.1. The first-order valence-electron chi connectivity index (χ1n) is 15.6. The Morgan fingerprint density at radius 2 is 1.65 bits per heavy atom. The molecule has 0 spiro atoms. The zero-order valence-electron chi connectivity index (χ0n) is 27.7. The lowest BCUT2D eigenvalue weighted by Gasteiger charge is -2.29. The van der Waals surface area contributed by atoms with Gasteiger partial charge in [-0.25, -0.2) is 0 Å². The molecule has 0 saturated heterocycles. The number of carbonyl (C=O) groups excluding carboxylic acids is 1. The molecule has 1 aliphatic carbocycles. The van der Waals surface area contributed by atoms with Crippen molar-refractivity contribution < 1.29 is 22.9 Å². The molecule has 0 aliphatic heterocycles. The molecule has 232 valence electrons. The number of oxime groups is 1. The topological polar surface area (TPSA) is 66.4 Å². The molecule has 0 aromatic carbocycles. The predicted molar refractivity (Wildman–Crippen MR) is 177 cm³/mol. The minimum atomic E-state index is -1.82. The zero-order valence-corrected chi connectivity index (χ0v) is 30.7. The molecule has 1 aliphatic rings. The Kier molecular flexibility index (Phi) is 16.5. The van der Waals surface area contributed by atoms with Crippen LogP contribution in [-0.2, 0) is 22.9 Å². The monoisotopic (exact) mass is 611 g/mol. The molecule has 6 nitrogen and oxygen atoms in total. The van der Waals surface area contributed by atoms with E-state index in [9.17, 15) is 4.79 Å². The molecular formula is C31H61NO5Si3. The number of carbonyl (C=O) groups is 1. The molecule has 1 rings (SSSR count). The van der Waals surface area contributed by atoms with Crippen LogP contribution in [0.4, 0.5) is 0 Å². The van der Waals surface area contributed by atoms with E-state index >= 15 is 0 Å². The summed E-state index contributed by atoms with van der Waals surface area (Å²) in [6.07, 6.45) is 17.9. The predicted octanol–water partition coefficient (Wildman–Crippen LogP) is 9.09. The van der Waals surface area contributed by atoms with Crippen LogP contribution in [0, 0.1) is 11.8 Å². The quantitative estimate of drug-likeness (QED) is 0.0631. The molecular weight excluding hydrogens is 551 g/mol. The molecule has 1 fully saturated rings. The van der Waals surface area contributed by atoms with Gasteiger partial charge in [0.25, 0.3) is 5.97 Å². The Hall–Kier alpha value is -1.01. The van der Waals surface area contributed by atoms with E-state index in [0.29, 0.717) is 13.0 Å². The summed E-state index contributed by atoms with van der Waals surface area (Å²) >= 11 is 0. The van der Waals surface area contributed by atoms with Gasteiger partial charge in [-0.3, -0.25) is 4.79 Å². The minimum Gasteiger partial charge on any atom is -0.520 e. The van der Waals surface area contributed by atoms with Crippen molar-refractivity contribution >= 4 is 36.6 Å². The van der Waals surface area contributed by atoms with E-state index in [2.05, 4.69) is 75.7 Å². The molecule has 0 aromatic heterocycles. The Balaban J connectivity index is 3.08. The van der Waals surface area contributed by atoms with Crippen molar-refractivity contribution in [2.75, 3.05) is 6.61 Å². The van der Waals surface area contributed by atoms with Gasteiger partial charge < -0.3 is 18.1 Å². The second kappa shape index (κ2) is 17.8. The summed E-state index contributed by atoms with van der Waals surface area (Å²) in [5, 5.41) is 4.58. The summed E-state index contributed by atoms with van der Waals surface area (Å²) in [5.41, 5.74) is 1.09. The smallest absolute Gasteiger partial charge is 0.292 e. The van der Waals surface area contributed by atoms with Gasteiger partial charge in [0.1, 0.15) is 6.61 Å². The van der Waals surface area contributed by atoms with E-state index in [1.165, 1.54) is 19.3 Å². The highest BCUT2D eigenvalue weighted by atomic mass is 28.4. The van der Waals surface area contributed by atoms with Crippen LogP contribution in [-0.4, -0.2) is 55.4 Å². The van der Waals surface area contributed by atoms with Crippen LogP contribution in [0.5, 0.6) is 0 Å². The van der Waals surface area contributed by atoms with Crippen molar-refractivity contribution in [3.63, 3.8) is 0 Å². The van der Waals surface area contributed by atoms with Crippen molar-refractivity contribution in [2.24, 2.45) is 17.0 Å². The third kappa shape index (κ3) is 17.1. The molecule has 0 radical (unpaired) electrons. The van der Waals surface area contributed by atoms with Crippen LogP contribution >= 0.6 is 0 Å². The highest BCUT2D eigenvalue weighted by Crippen LogP contribution is 2.38. The van der Waals surface area contributed by atoms with Crippen molar-refractivity contribution in [1.82, 2.24) is 0 Å². The van der Waals surface area contributed by atoms with Crippen LogP contribution in [0.25, 0.3) is 0 Å². The highest BCUT2D eigenvalue weighted by molar-refractivity contribution is 6.71. The van der Waals surface area contributed by atoms with Crippen molar-refractivity contribution in [2.45, 2.75) is 143 Å². The number of nitrogens with zero attached hydrogens (tertiary/aromatic N) is 1. The van der Waals surface area contributed by atoms with Crippen molar-refractivity contribution in [3.05, 3.63) is 24.3 Å². The first-order valence-corrected chi connectivity index (χ1v) is 25.9. The number of unbranched alkanes of at least 4 members (excludes halogenated alkanes) is 3. The lowest BCUT2D eigenvalue weighted by Crippen LogP contribution is -2.35. The Morgan fingerprint density at radius 1 is 0.950 bits per heavy atom. The lowest BCUT2D eigenvalue weighted by atomic mass is 9.89. The van der Waals surface area contributed by atoms with E-state index in [1.807, 2.05) is 26.6 Å². The van der Waals surface area contributed by atoms with E-state index in [-0.39, 0.29) is 30.0 Å². The number of hydrogen-bond donors (Lipinski definition) is 0. The first kappa shape index (κ1) is 37.0. The Morgan fingerprint density at radius 3 is 2.23 bits per heavy atom. The third-order valence-electron chi connectivity index (χ3n) is 6.42.